The fraction of sp³-hybridized carbons (Fsp3) is 0.222. The standard InChI is InChI=1S/C18H16FN3OS/c1-10-6-12(4-5-14(10)19)9-22-18(23)16-13(8-20-22)17-15(21(16)3)7-11(2)24-17/h4-8H,9H2,1-3H3. The molecule has 0 saturated carbocycles. The zero-order valence-corrected chi connectivity index (χ0v) is 14.4. The summed E-state index contributed by atoms with van der Waals surface area (Å²) in [4.78, 5) is 14.1. The molecule has 4 nitrogen and oxygen atoms in total. The van der Waals surface area contributed by atoms with Crippen molar-refractivity contribution in [2.24, 2.45) is 7.05 Å². The Morgan fingerprint density at radius 1 is 1.25 bits per heavy atom. The van der Waals surface area contributed by atoms with Gasteiger partial charge in [-0.2, -0.15) is 5.10 Å². The molecule has 0 bridgehead atoms. The molecule has 0 saturated heterocycles. The molecule has 3 aromatic heterocycles. The van der Waals surface area contributed by atoms with E-state index in [1.807, 2.05) is 11.6 Å². The molecule has 3 heterocycles. The van der Waals surface area contributed by atoms with E-state index >= 15 is 0 Å². The molecule has 4 rings (SSSR count). The molecule has 0 unspecified atom stereocenters. The van der Waals surface area contributed by atoms with Crippen molar-refractivity contribution in [1.82, 2.24) is 14.3 Å². The minimum atomic E-state index is -0.243. The first-order chi connectivity index (χ1) is 11.5. The number of aromatic nitrogens is 3. The lowest BCUT2D eigenvalue weighted by Gasteiger charge is -2.07. The Kier molecular flexibility index (Phi) is 3.31. The predicted octanol–water partition coefficient (Wildman–Crippen LogP) is 3.75. The normalized spacial score (nSPS) is 11.7. The number of aryl methyl sites for hydroxylation is 3. The molecule has 0 N–H and O–H groups in total. The van der Waals surface area contributed by atoms with Crippen LogP contribution in [-0.4, -0.2) is 14.3 Å². The molecule has 0 radical (unpaired) electrons. The lowest BCUT2D eigenvalue weighted by Crippen LogP contribution is -2.24. The van der Waals surface area contributed by atoms with E-state index < -0.39 is 0 Å². The fourth-order valence-electron chi connectivity index (χ4n) is 3.12. The second-order valence-corrected chi connectivity index (χ2v) is 7.34. The molecule has 122 valence electrons. The van der Waals surface area contributed by atoms with Crippen molar-refractivity contribution < 1.29 is 4.39 Å². The van der Waals surface area contributed by atoms with Crippen LogP contribution in [0.3, 0.4) is 0 Å². The summed E-state index contributed by atoms with van der Waals surface area (Å²) in [6, 6.07) is 6.96. The van der Waals surface area contributed by atoms with Gasteiger partial charge in [-0.05, 0) is 37.1 Å². The minimum Gasteiger partial charge on any atom is -0.338 e. The van der Waals surface area contributed by atoms with E-state index in [0.717, 1.165) is 21.2 Å². The third kappa shape index (κ3) is 2.17. The Morgan fingerprint density at radius 3 is 2.79 bits per heavy atom. The molecule has 0 aliphatic heterocycles. The van der Waals surface area contributed by atoms with Crippen LogP contribution in [0.4, 0.5) is 4.39 Å². The average Bonchev–Trinajstić information content (AvgIpc) is 3.04. The van der Waals surface area contributed by atoms with Gasteiger partial charge in [0.1, 0.15) is 11.3 Å². The van der Waals surface area contributed by atoms with Crippen molar-refractivity contribution in [1.29, 1.82) is 0 Å². The topological polar surface area (TPSA) is 39.8 Å². The zero-order chi connectivity index (χ0) is 17.0. The van der Waals surface area contributed by atoms with Crippen LogP contribution in [0, 0.1) is 19.7 Å². The summed E-state index contributed by atoms with van der Waals surface area (Å²) in [5.41, 5.74) is 3.01. The first-order valence-corrected chi connectivity index (χ1v) is 8.47. The molecule has 6 heteroatoms. The van der Waals surface area contributed by atoms with Crippen LogP contribution < -0.4 is 5.56 Å². The van der Waals surface area contributed by atoms with Gasteiger partial charge in [-0.25, -0.2) is 9.07 Å². The number of fused-ring (bicyclic) bond motifs is 3. The highest BCUT2D eigenvalue weighted by Crippen LogP contribution is 2.32. The van der Waals surface area contributed by atoms with E-state index in [1.54, 1.807) is 36.6 Å². The van der Waals surface area contributed by atoms with Crippen molar-refractivity contribution in [2.45, 2.75) is 20.4 Å². The van der Waals surface area contributed by atoms with E-state index in [2.05, 4.69) is 18.1 Å². The summed E-state index contributed by atoms with van der Waals surface area (Å²) in [6.07, 6.45) is 1.76. The van der Waals surface area contributed by atoms with Crippen molar-refractivity contribution in [3.8, 4) is 0 Å². The summed E-state index contributed by atoms with van der Waals surface area (Å²) in [5, 5.41) is 5.22. The molecular formula is C18H16FN3OS. The monoisotopic (exact) mass is 341 g/mol. The van der Waals surface area contributed by atoms with Crippen molar-refractivity contribution >= 4 is 32.5 Å². The highest BCUT2D eigenvalue weighted by Gasteiger charge is 2.16. The number of benzene rings is 1. The van der Waals surface area contributed by atoms with Gasteiger partial charge in [-0.3, -0.25) is 4.79 Å². The summed E-state index contributed by atoms with van der Waals surface area (Å²) in [7, 11) is 1.91. The van der Waals surface area contributed by atoms with Gasteiger partial charge >= 0.3 is 0 Å². The highest BCUT2D eigenvalue weighted by atomic mass is 32.1. The molecule has 0 spiro atoms. The van der Waals surface area contributed by atoms with Gasteiger partial charge in [-0.15, -0.1) is 11.3 Å². The second kappa shape index (κ2) is 5.27. The maximum atomic E-state index is 13.4. The van der Waals surface area contributed by atoms with E-state index in [4.69, 9.17) is 0 Å². The van der Waals surface area contributed by atoms with Crippen LogP contribution >= 0.6 is 11.3 Å². The first kappa shape index (κ1) is 15.1. The number of thiophene rings is 1. The Balaban J connectivity index is 1.88. The Morgan fingerprint density at radius 2 is 2.04 bits per heavy atom. The molecule has 4 aromatic rings. The SMILES string of the molecule is Cc1cc2c(s1)c1cnn(Cc3ccc(F)c(C)c3)c(=O)c1n2C. The van der Waals surface area contributed by atoms with Crippen molar-refractivity contribution in [2.75, 3.05) is 0 Å². The van der Waals surface area contributed by atoms with E-state index in [9.17, 15) is 9.18 Å². The second-order valence-electron chi connectivity index (χ2n) is 6.08. The van der Waals surface area contributed by atoms with Gasteiger partial charge in [0.25, 0.3) is 5.56 Å². The molecule has 0 aliphatic rings. The van der Waals surface area contributed by atoms with E-state index in [0.29, 0.717) is 17.6 Å². The predicted molar refractivity (Wildman–Crippen MR) is 95.3 cm³/mol. The Bertz CT molecular complexity index is 1150. The fourth-order valence-corrected chi connectivity index (χ4v) is 4.18. The van der Waals surface area contributed by atoms with Crippen LogP contribution in [0.5, 0.6) is 0 Å². The van der Waals surface area contributed by atoms with Crippen LogP contribution in [0.1, 0.15) is 16.0 Å². The smallest absolute Gasteiger partial charge is 0.291 e. The quantitative estimate of drug-likeness (QED) is 0.557. The van der Waals surface area contributed by atoms with Crippen LogP contribution in [0.15, 0.2) is 35.3 Å². The van der Waals surface area contributed by atoms with Gasteiger partial charge in [0.2, 0.25) is 0 Å². The van der Waals surface area contributed by atoms with Gasteiger partial charge in [0, 0.05) is 17.3 Å². The summed E-state index contributed by atoms with van der Waals surface area (Å²) >= 11 is 1.67. The summed E-state index contributed by atoms with van der Waals surface area (Å²) in [5.74, 6) is -0.243. The zero-order valence-electron chi connectivity index (χ0n) is 13.6. The molecule has 24 heavy (non-hydrogen) atoms. The lowest BCUT2D eigenvalue weighted by atomic mass is 10.1. The number of rotatable bonds is 2. The maximum Gasteiger partial charge on any atom is 0.291 e. The molecular weight excluding hydrogens is 325 g/mol. The molecule has 0 aliphatic carbocycles. The van der Waals surface area contributed by atoms with E-state index in [1.165, 1.54) is 15.6 Å². The van der Waals surface area contributed by atoms with Crippen LogP contribution in [0.25, 0.3) is 21.1 Å². The highest BCUT2D eigenvalue weighted by molar-refractivity contribution is 7.20. The van der Waals surface area contributed by atoms with E-state index in [-0.39, 0.29) is 11.4 Å². The van der Waals surface area contributed by atoms with Gasteiger partial charge in [0.15, 0.2) is 0 Å². The van der Waals surface area contributed by atoms with Gasteiger partial charge in [-0.1, -0.05) is 12.1 Å². The molecule has 1 aromatic carbocycles. The number of hydrogen-bond acceptors (Lipinski definition) is 3. The largest absolute Gasteiger partial charge is 0.338 e. The average molecular weight is 341 g/mol. The van der Waals surface area contributed by atoms with Crippen LogP contribution in [0.2, 0.25) is 0 Å². The molecule has 0 amide bonds. The van der Waals surface area contributed by atoms with Crippen LogP contribution in [-0.2, 0) is 13.6 Å². The Labute approximate surface area is 141 Å². The number of hydrogen-bond donors (Lipinski definition) is 0. The third-order valence-electron chi connectivity index (χ3n) is 4.35. The van der Waals surface area contributed by atoms with Crippen molar-refractivity contribution in [3.05, 3.63) is 62.6 Å². The first-order valence-electron chi connectivity index (χ1n) is 7.65. The third-order valence-corrected chi connectivity index (χ3v) is 5.42. The van der Waals surface area contributed by atoms with Gasteiger partial charge in [0.05, 0.1) is 23.0 Å². The van der Waals surface area contributed by atoms with Gasteiger partial charge < -0.3 is 4.57 Å². The number of halogens is 1. The summed E-state index contributed by atoms with van der Waals surface area (Å²) in [6.45, 7) is 4.10. The number of nitrogens with zero attached hydrogens (tertiary/aromatic N) is 3. The lowest BCUT2D eigenvalue weighted by molar-refractivity contribution is 0.611. The Hall–Kier alpha value is -2.47. The molecule has 0 atom stereocenters. The van der Waals surface area contributed by atoms with Crippen molar-refractivity contribution in [3.63, 3.8) is 0 Å². The molecule has 0 fully saturated rings. The maximum absolute atomic E-state index is 13.4. The summed E-state index contributed by atoms with van der Waals surface area (Å²) < 4.78 is 17.9. The minimum absolute atomic E-state index is 0.127.